The number of benzene rings is 2. The van der Waals surface area contributed by atoms with Crippen molar-refractivity contribution in [1.29, 1.82) is 0 Å². The number of hydrogen-bond donors (Lipinski definition) is 4. The lowest BCUT2D eigenvalue weighted by atomic mass is 9.78. The van der Waals surface area contributed by atoms with Crippen LogP contribution < -0.4 is 10.6 Å². The van der Waals surface area contributed by atoms with Crippen LogP contribution in [-0.2, 0) is 20.8 Å². The summed E-state index contributed by atoms with van der Waals surface area (Å²) < 4.78 is 0. The van der Waals surface area contributed by atoms with Gasteiger partial charge in [0.1, 0.15) is 5.54 Å². The van der Waals surface area contributed by atoms with E-state index >= 15 is 0 Å². The van der Waals surface area contributed by atoms with Crippen LogP contribution >= 0.6 is 0 Å². The summed E-state index contributed by atoms with van der Waals surface area (Å²) in [5.74, 6) is -1.08. The van der Waals surface area contributed by atoms with Crippen LogP contribution in [0.25, 0.3) is 10.9 Å². The fourth-order valence-corrected chi connectivity index (χ4v) is 4.65. The second-order valence-corrected chi connectivity index (χ2v) is 9.67. The highest BCUT2D eigenvalue weighted by atomic mass is 16.4. The van der Waals surface area contributed by atoms with Gasteiger partial charge in [0.2, 0.25) is 11.8 Å². The Balaban J connectivity index is 1.29. The third-order valence-electron chi connectivity index (χ3n) is 6.76. The number of amides is 2. The zero-order chi connectivity index (χ0) is 24.3. The molecule has 2 aromatic carbocycles. The number of aromatic amines is 1. The maximum Gasteiger partial charge on any atom is 0.328 e. The first-order valence-corrected chi connectivity index (χ1v) is 11.7. The molecular weight excluding hydrogens is 430 g/mol. The van der Waals surface area contributed by atoms with E-state index in [4.69, 9.17) is 0 Å². The molecular formula is C27H31N3O4. The summed E-state index contributed by atoms with van der Waals surface area (Å²) in [5.41, 5.74) is 2.68. The maximum absolute atomic E-state index is 12.6. The van der Waals surface area contributed by atoms with E-state index in [-0.39, 0.29) is 17.7 Å². The van der Waals surface area contributed by atoms with Gasteiger partial charge in [-0.1, -0.05) is 30.3 Å². The van der Waals surface area contributed by atoms with Crippen molar-refractivity contribution in [2.45, 2.75) is 57.4 Å². The summed E-state index contributed by atoms with van der Waals surface area (Å²) in [6, 6.07) is 15.9. The summed E-state index contributed by atoms with van der Waals surface area (Å²) in [6.07, 6.45) is 5.39. The van der Waals surface area contributed by atoms with Crippen molar-refractivity contribution in [2.24, 2.45) is 5.92 Å². The van der Waals surface area contributed by atoms with Crippen molar-refractivity contribution in [1.82, 2.24) is 10.3 Å². The second kappa shape index (κ2) is 9.71. The van der Waals surface area contributed by atoms with Crippen LogP contribution in [0, 0.1) is 5.92 Å². The second-order valence-electron chi connectivity index (χ2n) is 9.67. The zero-order valence-corrected chi connectivity index (χ0v) is 19.6. The molecule has 4 rings (SSSR count). The highest BCUT2D eigenvalue weighted by Gasteiger charge is 2.33. The van der Waals surface area contributed by atoms with E-state index in [0.29, 0.717) is 12.3 Å². The average molecular weight is 462 g/mol. The van der Waals surface area contributed by atoms with Gasteiger partial charge in [0.25, 0.3) is 0 Å². The number of carboxylic acids is 1. The molecule has 1 aliphatic rings. The molecule has 7 nitrogen and oxygen atoms in total. The summed E-state index contributed by atoms with van der Waals surface area (Å²) in [5, 5.41) is 15.9. The lowest BCUT2D eigenvalue weighted by Crippen LogP contribution is -2.51. The molecule has 0 spiro atoms. The monoisotopic (exact) mass is 461 g/mol. The Morgan fingerprint density at radius 2 is 1.68 bits per heavy atom. The third-order valence-corrected chi connectivity index (χ3v) is 6.76. The van der Waals surface area contributed by atoms with E-state index in [2.05, 4.69) is 15.6 Å². The number of aromatic nitrogens is 1. The van der Waals surface area contributed by atoms with Gasteiger partial charge in [-0.25, -0.2) is 4.79 Å². The number of rotatable bonds is 7. The van der Waals surface area contributed by atoms with E-state index in [1.165, 1.54) is 19.4 Å². The van der Waals surface area contributed by atoms with Gasteiger partial charge in [-0.05, 0) is 74.8 Å². The number of nitrogens with one attached hydrogen (secondary N) is 3. The molecule has 0 radical (unpaired) electrons. The molecule has 1 aliphatic carbocycles. The van der Waals surface area contributed by atoms with Crippen LogP contribution in [-0.4, -0.2) is 33.4 Å². The summed E-state index contributed by atoms with van der Waals surface area (Å²) >= 11 is 0. The fraction of sp³-hybridized carbons (Fsp3) is 0.370. The molecule has 1 saturated carbocycles. The van der Waals surface area contributed by atoms with Crippen LogP contribution in [0.4, 0.5) is 5.69 Å². The topological polar surface area (TPSA) is 111 Å². The predicted molar refractivity (Wildman–Crippen MR) is 132 cm³/mol. The largest absolute Gasteiger partial charge is 0.480 e. The van der Waals surface area contributed by atoms with Gasteiger partial charge in [-0.2, -0.15) is 0 Å². The van der Waals surface area contributed by atoms with Gasteiger partial charge in [-0.3, -0.25) is 9.59 Å². The lowest BCUT2D eigenvalue weighted by Gasteiger charge is -2.30. The molecule has 1 fully saturated rings. The molecule has 0 unspecified atom stereocenters. The number of aliphatic carboxylic acids is 1. The Hall–Kier alpha value is -3.61. The number of carbonyl (C=O) groups is 3. The van der Waals surface area contributed by atoms with Gasteiger partial charge < -0.3 is 20.7 Å². The summed E-state index contributed by atoms with van der Waals surface area (Å²) in [4.78, 5) is 39.5. The van der Waals surface area contributed by atoms with Gasteiger partial charge >= 0.3 is 5.97 Å². The zero-order valence-electron chi connectivity index (χ0n) is 19.6. The van der Waals surface area contributed by atoms with Crippen molar-refractivity contribution in [2.75, 3.05) is 5.32 Å². The van der Waals surface area contributed by atoms with Crippen molar-refractivity contribution in [3.8, 4) is 0 Å². The SMILES string of the molecule is CC(C)(NC(=O)[C@H]1CC[C@H](c2ccc(NC(=O)Cc3c[nH]c4ccccc34)cc2)CC1)C(=O)O. The Morgan fingerprint density at radius 3 is 2.35 bits per heavy atom. The van der Waals surface area contributed by atoms with Gasteiger partial charge in [-0.15, -0.1) is 0 Å². The first-order chi connectivity index (χ1) is 16.2. The standard InChI is InChI=1S/C27H31N3O4/c1-27(2,26(33)34)30-25(32)19-9-7-17(8-10-19)18-11-13-21(14-12-18)29-24(31)15-20-16-28-23-6-4-3-5-22(20)23/h3-6,11-14,16-17,19,28H,7-10,15H2,1-2H3,(H,29,31)(H,30,32)(H,33,34)/t17-,19-. The van der Waals surface area contributed by atoms with Crippen LogP contribution in [0.15, 0.2) is 54.7 Å². The molecule has 1 heterocycles. The highest BCUT2D eigenvalue weighted by Crippen LogP contribution is 2.36. The molecule has 0 atom stereocenters. The van der Waals surface area contributed by atoms with Crippen LogP contribution in [0.1, 0.15) is 56.6 Å². The minimum absolute atomic E-state index is 0.0618. The number of carbonyl (C=O) groups excluding carboxylic acids is 2. The van der Waals surface area contributed by atoms with Crippen molar-refractivity contribution < 1.29 is 19.5 Å². The summed E-state index contributed by atoms with van der Waals surface area (Å²) in [6.45, 7) is 3.00. The van der Waals surface area contributed by atoms with Crippen molar-refractivity contribution in [3.63, 3.8) is 0 Å². The van der Waals surface area contributed by atoms with E-state index in [1.54, 1.807) is 0 Å². The third kappa shape index (κ3) is 5.30. The molecule has 7 heteroatoms. The maximum atomic E-state index is 12.6. The van der Waals surface area contributed by atoms with E-state index in [9.17, 15) is 19.5 Å². The Labute approximate surface area is 198 Å². The average Bonchev–Trinajstić information content (AvgIpc) is 3.22. The first-order valence-electron chi connectivity index (χ1n) is 11.7. The molecule has 4 N–H and O–H groups in total. The fourth-order valence-electron chi connectivity index (χ4n) is 4.65. The normalized spacial score (nSPS) is 18.4. The molecule has 3 aromatic rings. The molecule has 34 heavy (non-hydrogen) atoms. The number of hydrogen-bond acceptors (Lipinski definition) is 3. The number of para-hydroxylation sites is 1. The highest BCUT2D eigenvalue weighted by molar-refractivity contribution is 5.95. The Morgan fingerprint density at radius 1 is 1.00 bits per heavy atom. The van der Waals surface area contributed by atoms with Gasteiger partial charge in [0, 0.05) is 28.7 Å². The smallest absolute Gasteiger partial charge is 0.328 e. The minimum atomic E-state index is -1.26. The lowest BCUT2D eigenvalue weighted by molar-refractivity contribution is -0.146. The van der Waals surface area contributed by atoms with Gasteiger partial charge in [0.05, 0.1) is 6.42 Å². The minimum Gasteiger partial charge on any atom is -0.480 e. The van der Waals surface area contributed by atoms with E-state index < -0.39 is 11.5 Å². The molecule has 1 aromatic heterocycles. The Bertz CT molecular complexity index is 1190. The molecule has 2 amide bonds. The quantitative estimate of drug-likeness (QED) is 0.412. The summed E-state index contributed by atoms with van der Waals surface area (Å²) in [7, 11) is 0. The van der Waals surface area contributed by atoms with Gasteiger partial charge in [0.15, 0.2) is 0 Å². The number of fused-ring (bicyclic) bond motifs is 1. The molecule has 0 saturated heterocycles. The van der Waals surface area contributed by atoms with Crippen molar-refractivity contribution in [3.05, 3.63) is 65.9 Å². The Kier molecular flexibility index (Phi) is 6.72. The van der Waals surface area contributed by atoms with Crippen molar-refractivity contribution >= 4 is 34.4 Å². The van der Waals surface area contributed by atoms with Crippen LogP contribution in [0.2, 0.25) is 0 Å². The van der Waals surface area contributed by atoms with Crippen LogP contribution in [0.3, 0.4) is 0 Å². The predicted octanol–water partition coefficient (Wildman–Crippen LogP) is 4.60. The first kappa shape index (κ1) is 23.5. The number of anilines is 1. The molecule has 178 valence electrons. The molecule has 0 aliphatic heterocycles. The number of H-pyrrole nitrogens is 1. The van der Waals surface area contributed by atoms with Crippen LogP contribution in [0.5, 0.6) is 0 Å². The van der Waals surface area contributed by atoms with E-state index in [0.717, 1.165) is 47.8 Å². The van der Waals surface area contributed by atoms with E-state index in [1.807, 2.05) is 54.7 Å². The number of carboxylic acid groups (broad SMARTS) is 1. The molecule has 0 bridgehead atoms.